The third kappa shape index (κ3) is 2.58. The molecule has 0 bridgehead atoms. The Labute approximate surface area is 140 Å². The maximum atomic E-state index is 12.8. The van der Waals surface area contributed by atoms with E-state index in [4.69, 9.17) is 9.26 Å². The van der Waals surface area contributed by atoms with Gasteiger partial charge in [-0.25, -0.2) is 9.97 Å². The number of aryl methyl sites for hydroxylation is 2. The highest BCUT2D eigenvalue weighted by Crippen LogP contribution is 2.40. The fourth-order valence-electron chi connectivity index (χ4n) is 3.74. The average Bonchev–Trinajstić information content (AvgIpc) is 3.17. The second-order valence-corrected chi connectivity index (χ2v) is 6.53. The van der Waals surface area contributed by atoms with Crippen molar-refractivity contribution in [1.82, 2.24) is 20.0 Å². The van der Waals surface area contributed by atoms with Gasteiger partial charge in [-0.1, -0.05) is 5.16 Å². The molecule has 2 saturated heterocycles. The number of carbonyl (C=O) groups is 1. The molecular weight excluding hydrogens is 308 g/mol. The molecule has 4 heterocycles. The first-order valence-corrected chi connectivity index (χ1v) is 8.27. The number of likely N-dealkylation sites (tertiary alicyclic amines) is 1. The Morgan fingerprint density at radius 1 is 1.38 bits per heavy atom. The van der Waals surface area contributed by atoms with Crippen LogP contribution < -0.4 is 0 Å². The van der Waals surface area contributed by atoms with Crippen LogP contribution in [0.25, 0.3) is 0 Å². The van der Waals surface area contributed by atoms with E-state index in [2.05, 4.69) is 15.1 Å². The third-order valence-electron chi connectivity index (χ3n) is 5.02. The van der Waals surface area contributed by atoms with Crippen molar-refractivity contribution >= 4 is 5.91 Å². The minimum atomic E-state index is -0.0150. The fraction of sp³-hybridized carbons (Fsp3) is 0.529. The highest BCUT2D eigenvalue weighted by Gasteiger charge is 2.41. The molecule has 2 aliphatic rings. The number of fused-ring (bicyclic) bond motifs is 1. The van der Waals surface area contributed by atoms with Crippen molar-refractivity contribution in [2.45, 2.75) is 38.9 Å². The van der Waals surface area contributed by atoms with Crippen molar-refractivity contribution in [1.29, 1.82) is 0 Å². The lowest BCUT2D eigenvalue weighted by Crippen LogP contribution is -2.45. The molecule has 0 radical (unpaired) electrons. The lowest BCUT2D eigenvalue weighted by molar-refractivity contribution is -0.00571. The van der Waals surface area contributed by atoms with Crippen molar-refractivity contribution in [3.63, 3.8) is 0 Å². The Bertz CT molecular complexity index is 726. The fourth-order valence-corrected chi connectivity index (χ4v) is 3.74. The minimum absolute atomic E-state index is 0.00267. The molecule has 0 N–H and O–H groups in total. The molecule has 3 atom stereocenters. The molecule has 2 fully saturated rings. The van der Waals surface area contributed by atoms with Crippen molar-refractivity contribution < 1.29 is 14.1 Å². The van der Waals surface area contributed by atoms with Crippen LogP contribution in [0.3, 0.4) is 0 Å². The summed E-state index contributed by atoms with van der Waals surface area (Å²) in [5.74, 6) is 1.03. The SMILES string of the molecule is Cc1noc(C)c1C(=O)N1CC[C@H]2C[C@@H](c3ccncn3)O[C@@H]2C1. The standard InChI is InChI=1S/C17H20N4O3/c1-10-16(11(2)24-20-10)17(22)21-6-4-12-7-14(23-15(12)8-21)13-3-5-18-9-19-13/h3,5,9,12,14-15H,4,6-8H2,1-2H3/t12-,14-,15+/m0/s1. The summed E-state index contributed by atoms with van der Waals surface area (Å²) in [6.45, 7) is 4.92. The quantitative estimate of drug-likeness (QED) is 0.839. The molecule has 0 saturated carbocycles. The Morgan fingerprint density at radius 2 is 2.25 bits per heavy atom. The van der Waals surface area contributed by atoms with Gasteiger partial charge in [0.1, 0.15) is 23.8 Å². The van der Waals surface area contributed by atoms with Crippen LogP contribution in [0.5, 0.6) is 0 Å². The topological polar surface area (TPSA) is 81.4 Å². The molecule has 0 aliphatic carbocycles. The lowest BCUT2D eigenvalue weighted by Gasteiger charge is -2.34. The molecule has 2 aliphatic heterocycles. The van der Waals surface area contributed by atoms with Crippen LogP contribution >= 0.6 is 0 Å². The number of ether oxygens (including phenoxy) is 1. The summed E-state index contributed by atoms with van der Waals surface area (Å²) in [6, 6.07) is 1.90. The van der Waals surface area contributed by atoms with Crippen molar-refractivity contribution in [3.8, 4) is 0 Å². The van der Waals surface area contributed by atoms with E-state index in [1.807, 2.05) is 11.0 Å². The largest absolute Gasteiger partial charge is 0.367 e. The van der Waals surface area contributed by atoms with Gasteiger partial charge in [-0.2, -0.15) is 0 Å². The Morgan fingerprint density at radius 3 is 2.96 bits per heavy atom. The predicted octanol–water partition coefficient (Wildman–Crippen LogP) is 2.07. The summed E-state index contributed by atoms with van der Waals surface area (Å²) in [4.78, 5) is 22.9. The van der Waals surface area contributed by atoms with Crippen LogP contribution in [0, 0.1) is 19.8 Å². The summed E-state index contributed by atoms with van der Waals surface area (Å²) in [6.07, 6.45) is 5.24. The monoisotopic (exact) mass is 328 g/mol. The van der Waals surface area contributed by atoms with E-state index in [-0.39, 0.29) is 18.1 Å². The van der Waals surface area contributed by atoms with E-state index >= 15 is 0 Å². The van der Waals surface area contributed by atoms with Gasteiger partial charge in [0.25, 0.3) is 5.91 Å². The number of hydrogen-bond acceptors (Lipinski definition) is 6. The normalized spacial score (nSPS) is 26.4. The first-order valence-electron chi connectivity index (χ1n) is 8.27. The van der Waals surface area contributed by atoms with Crippen LogP contribution in [0.1, 0.15) is 46.5 Å². The van der Waals surface area contributed by atoms with Crippen LogP contribution in [-0.4, -0.2) is 45.1 Å². The van der Waals surface area contributed by atoms with E-state index < -0.39 is 0 Å². The molecule has 2 aromatic heterocycles. The van der Waals surface area contributed by atoms with Gasteiger partial charge in [-0.3, -0.25) is 4.79 Å². The van der Waals surface area contributed by atoms with Gasteiger partial charge >= 0.3 is 0 Å². The first-order chi connectivity index (χ1) is 11.6. The molecule has 0 aromatic carbocycles. The number of nitrogens with zero attached hydrogens (tertiary/aromatic N) is 4. The van der Waals surface area contributed by atoms with E-state index in [1.54, 1.807) is 26.4 Å². The predicted molar refractivity (Wildman–Crippen MR) is 84.3 cm³/mol. The summed E-state index contributed by atoms with van der Waals surface area (Å²) >= 11 is 0. The van der Waals surface area contributed by atoms with Crippen molar-refractivity contribution in [3.05, 3.63) is 41.3 Å². The molecule has 4 rings (SSSR count). The van der Waals surface area contributed by atoms with Gasteiger partial charge in [0, 0.05) is 19.3 Å². The zero-order valence-corrected chi connectivity index (χ0v) is 13.8. The van der Waals surface area contributed by atoms with Gasteiger partial charge in [0.05, 0.1) is 17.5 Å². The minimum Gasteiger partial charge on any atom is -0.367 e. The summed E-state index contributed by atoms with van der Waals surface area (Å²) in [5, 5.41) is 3.88. The highest BCUT2D eigenvalue weighted by molar-refractivity contribution is 5.96. The zero-order valence-electron chi connectivity index (χ0n) is 13.8. The Hall–Kier alpha value is -2.28. The van der Waals surface area contributed by atoms with E-state index in [9.17, 15) is 4.79 Å². The highest BCUT2D eigenvalue weighted by atomic mass is 16.5. The number of hydrogen-bond donors (Lipinski definition) is 0. The van der Waals surface area contributed by atoms with Gasteiger partial charge < -0.3 is 14.2 Å². The molecule has 0 spiro atoms. The first kappa shape index (κ1) is 15.3. The average molecular weight is 328 g/mol. The Balaban J connectivity index is 1.47. The summed E-state index contributed by atoms with van der Waals surface area (Å²) in [7, 11) is 0. The maximum Gasteiger partial charge on any atom is 0.259 e. The van der Waals surface area contributed by atoms with Crippen molar-refractivity contribution in [2.75, 3.05) is 13.1 Å². The molecule has 2 aromatic rings. The smallest absolute Gasteiger partial charge is 0.259 e. The molecule has 126 valence electrons. The zero-order chi connectivity index (χ0) is 16.7. The molecule has 7 heteroatoms. The number of amides is 1. The molecular formula is C17H20N4O3. The maximum absolute atomic E-state index is 12.8. The number of rotatable bonds is 2. The molecule has 1 amide bonds. The van der Waals surface area contributed by atoms with Crippen LogP contribution in [0.4, 0.5) is 0 Å². The summed E-state index contributed by atoms with van der Waals surface area (Å²) in [5.41, 5.74) is 2.15. The van der Waals surface area contributed by atoms with Crippen molar-refractivity contribution in [2.24, 2.45) is 5.92 Å². The summed E-state index contributed by atoms with van der Waals surface area (Å²) < 4.78 is 11.3. The molecule has 24 heavy (non-hydrogen) atoms. The second kappa shape index (κ2) is 5.98. The Kier molecular flexibility index (Phi) is 3.80. The number of piperidine rings is 1. The van der Waals surface area contributed by atoms with Crippen LogP contribution in [0.2, 0.25) is 0 Å². The van der Waals surface area contributed by atoms with Gasteiger partial charge in [-0.05, 0) is 38.7 Å². The third-order valence-corrected chi connectivity index (χ3v) is 5.02. The lowest BCUT2D eigenvalue weighted by atomic mass is 9.91. The van der Waals surface area contributed by atoms with Gasteiger partial charge in [0.15, 0.2) is 0 Å². The van der Waals surface area contributed by atoms with Gasteiger partial charge in [-0.15, -0.1) is 0 Å². The van der Waals surface area contributed by atoms with Crippen LogP contribution in [-0.2, 0) is 4.74 Å². The van der Waals surface area contributed by atoms with Gasteiger partial charge in [0.2, 0.25) is 0 Å². The van der Waals surface area contributed by atoms with Crippen LogP contribution in [0.15, 0.2) is 23.1 Å². The molecule has 7 nitrogen and oxygen atoms in total. The van der Waals surface area contributed by atoms with E-state index in [1.165, 1.54) is 0 Å². The second-order valence-electron chi connectivity index (χ2n) is 6.53. The number of carbonyl (C=O) groups excluding carboxylic acids is 1. The van der Waals surface area contributed by atoms with E-state index in [0.29, 0.717) is 29.5 Å². The number of aromatic nitrogens is 3. The van der Waals surface area contributed by atoms with E-state index in [0.717, 1.165) is 25.1 Å². The molecule has 0 unspecified atom stereocenters.